The maximum atomic E-state index is 11.9. The molecule has 4 unspecified atom stereocenters. The van der Waals surface area contributed by atoms with Gasteiger partial charge in [0.25, 0.3) is 0 Å². The van der Waals surface area contributed by atoms with Crippen LogP contribution in [-0.4, -0.2) is 54.8 Å². The topological polar surface area (TPSA) is 121 Å². The molecule has 2 aromatic rings. The minimum absolute atomic E-state index is 0.438. The van der Waals surface area contributed by atoms with Crippen LogP contribution in [0, 0.1) is 0 Å². The van der Waals surface area contributed by atoms with Crippen LogP contribution in [0.15, 0.2) is 23.3 Å². The third-order valence-corrected chi connectivity index (χ3v) is 3.25. The normalized spacial score (nSPS) is 31.1. The molecule has 19 heavy (non-hydrogen) atoms. The molecule has 1 aliphatic rings. The van der Waals surface area contributed by atoms with Crippen molar-refractivity contribution >= 4 is 11.0 Å². The fourth-order valence-electron chi connectivity index (χ4n) is 2.22. The highest BCUT2D eigenvalue weighted by molar-refractivity contribution is 5.73. The van der Waals surface area contributed by atoms with E-state index < -0.39 is 36.8 Å². The quantitative estimate of drug-likeness (QED) is 0.516. The standard InChI is InChI=1S/C11H13N3O5/c15-4-6-7(16)8(17)10(19-6)14-3-5-1-2-12-9(5)13-11(14)18/h1-3,6-8,10,15-17H,4H2,(H,12,13,18). The zero-order valence-corrected chi connectivity index (χ0v) is 9.80. The number of hydrogen-bond acceptors (Lipinski definition) is 6. The Bertz CT molecular complexity index is 651. The lowest BCUT2D eigenvalue weighted by Crippen LogP contribution is -2.35. The number of aromatic nitrogens is 3. The van der Waals surface area contributed by atoms with E-state index in [1.165, 1.54) is 6.20 Å². The number of H-pyrrole nitrogens is 1. The highest BCUT2D eigenvalue weighted by Crippen LogP contribution is 2.28. The molecule has 4 atom stereocenters. The van der Waals surface area contributed by atoms with Gasteiger partial charge in [-0.3, -0.25) is 4.57 Å². The van der Waals surface area contributed by atoms with Crippen LogP contribution < -0.4 is 5.69 Å². The molecule has 0 aliphatic carbocycles. The first kappa shape index (κ1) is 12.3. The molecule has 0 saturated carbocycles. The van der Waals surface area contributed by atoms with Crippen molar-refractivity contribution in [3.05, 3.63) is 28.9 Å². The maximum Gasteiger partial charge on any atom is 0.351 e. The summed E-state index contributed by atoms with van der Waals surface area (Å²) in [6, 6.07) is 1.72. The molecule has 8 heteroatoms. The van der Waals surface area contributed by atoms with Crippen molar-refractivity contribution in [3.8, 4) is 0 Å². The summed E-state index contributed by atoms with van der Waals surface area (Å²) in [4.78, 5) is 18.5. The number of aliphatic hydroxyl groups excluding tert-OH is 3. The molecule has 3 heterocycles. The number of aliphatic hydroxyl groups is 3. The van der Waals surface area contributed by atoms with Crippen LogP contribution >= 0.6 is 0 Å². The van der Waals surface area contributed by atoms with Gasteiger partial charge in [-0.25, -0.2) is 4.79 Å². The summed E-state index contributed by atoms with van der Waals surface area (Å²) in [5.74, 6) is 0. The zero-order valence-electron chi connectivity index (χ0n) is 9.80. The molecule has 2 aromatic heterocycles. The van der Waals surface area contributed by atoms with E-state index in [9.17, 15) is 15.0 Å². The van der Waals surface area contributed by atoms with Gasteiger partial charge in [-0.2, -0.15) is 4.98 Å². The van der Waals surface area contributed by atoms with Gasteiger partial charge in [0.1, 0.15) is 24.0 Å². The molecule has 0 amide bonds. The largest absolute Gasteiger partial charge is 0.394 e. The number of hydrogen-bond donors (Lipinski definition) is 4. The third kappa shape index (κ3) is 1.85. The van der Waals surface area contributed by atoms with Crippen molar-refractivity contribution < 1.29 is 20.1 Å². The van der Waals surface area contributed by atoms with Crippen molar-refractivity contribution in [2.24, 2.45) is 0 Å². The molecule has 0 spiro atoms. The van der Waals surface area contributed by atoms with E-state index in [1.807, 2.05) is 0 Å². The van der Waals surface area contributed by atoms with E-state index in [0.29, 0.717) is 11.0 Å². The molecule has 0 radical (unpaired) electrons. The third-order valence-electron chi connectivity index (χ3n) is 3.25. The molecule has 1 aliphatic heterocycles. The highest BCUT2D eigenvalue weighted by atomic mass is 16.6. The number of rotatable bonds is 2. The highest BCUT2D eigenvalue weighted by Gasteiger charge is 2.43. The van der Waals surface area contributed by atoms with Crippen molar-refractivity contribution in [2.75, 3.05) is 6.61 Å². The number of nitrogens with one attached hydrogen (secondary N) is 1. The van der Waals surface area contributed by atoms with Gasteiger partial charge in [-0.1, -0.05) is 0 Å². The lowest BCUT2D eigenvalue weighted by Gasteiger charge is -2.16. The Labute approximate surface area is 106 Å². The van der Waals surface area contributed by atoms with Crippen LogP contribution in [0.25, 0.3) is 11.0 Å². The van der Waals surface area contributed by atoms with Crippen molar-refractivity contribution in [1.82, 2.24) is 14.5 Å². The van der Waals surface area contributed by atoms with Crippen molar-refractivity contribution in [1.29, 1.82) is 0 Å². The van der Waals surface area contributed by atoms with E-state index in [-0.39, 0.29) is 0 Å². The minimum Gasteiger partial charge on any atom is -0.394 e. The summed E-state index contributed by atoms with van der Waals surface area (Å²) in [5, 5.41) is 29.3. The molecule has 0 bridgehead atoms. The second-order valence-corrected chi connectivity index (χ2v) is 4.44. The average Bonchev–Trinajstić information content (AvgIpc) is 2.95. The lowest BCUT2D eigenvalue weighted by molar-refractivity contribution is -0.0547. The number of nitrogens with zero attached hydrogens (tertiary/aromatic N) is 2. The predicted molar refractivity (Wildman–Crippen MR) is 63.4 cm³/mol. The first-order valence-electron chi connectivity index (χ1n) is 5.80. The summed E-state index contributed by atoms with van der Waals surface area (Å²) < 4.78 is 6.40. The minimum atomic E-state index is -1.30. The molecule has 4 N–H and O–H groups in total. The van der Waals surface area contributed by atoms with E-state index in [0.717, 1.165) is 4.57 Å². The number of aromatic amines is 1. The molecular formula is C11H13N3O5. The van der Waals surface area contributed by atoms with E-state index in [4.69, 9.17) is 9.84 Å². The van der Waals surface area contributed by atoms with Gasteiger partial charge in [0.15, 0.2) is 6.23 Å². The van der Waals surface area contributed by atoms with Crippen LogP contribution in [0.3, 0.4) is 0 Å². The molecule has 3 rings (SSSR count). The fourth-order valence-corrected chi connectivity index (χ4v) is 2.22. The Morgan fingerprint density at radius 3 is 2.89 bits per heavy atom. The van der Waals surface area contributed by atoms with Crippen LogP contribution in [-0.2, 0) is 4.74 Å². The Morgan fingerprint density at radius 2 is 2.21 bits per heavy atom. The van der Waals surface area contributed by atoms with Crippen molar-refractivity contribution in [3.63, 3.8) is 0 Å². The fraction of sp³-hybridized carbons (Fsp3) is 0.455. The molecule has 1 saturated heterocycles. The smallest absolute Gasteiger partial charge is 0.351 e. The summed E-state index contributed by atoms with van der Waals surface area (Å²) in [6.07, 6.45) is -1.41. The summed E-state index contributed by atoms with van der Waals surface area (Å²) in [5.41, 5.74) is -0.169. The van der Waals surface area contributed by atoms with Gasteiger partial charge in [-0.15, -0.1) is 0 Å². The second-order valence-electron chi connectivity index (χ2n) is 4.44. The first-order valence-corrected chi connectivity index (χ1v) is 5.80. The van der Waals surface area contributed by atoms with E-state index in [1.54, 1.807) is 12.3 Å². The summed E-state index contributed by atoms with van der Waals surface area (Å²) in [6.45, 7) is -0.441. The Balaban J connectivity index is 2.04. The summed E-state index contributed by atoms with van der Waals surface area (Å²) in [7, 11) is 0. The predicted octanol–water partition coefficient (Wildman–Crippen LogP) is -1.66. The van der Waals surface area contributed by atoms with Crippen LogP contribution in [0.2, 0.25) is 0 Å². The number of ether oxygens (including phenoxy) is 1. The number of fused-ring (bicyclic) bond motifs is 1. The van der Waals surface area contributed by atoms with Crippen LogP contribution in [0.5, 0.6) is 0 Å². The molecular weight excluding hydrogens is 254 g/mol. The maximum absolute atomic E-state index is 11.9. The van der Waals surface area contributed by atoms with Gasteiger partial charge < -0.3 is 25.0 Å². The van der Waals surface area contributed by atoms with Gasteiger partial charge in [0.05, 0.1) is 6.61 Å². The van der Waals surface area contributed by atoms with Gasteiger partial charge in [0, 0.05) is 17.8 Å². The van der Waals surface area contributed by atoms with E-state index >= 15 is 0 Å². The van der Waals surface area contributed by atoms with Gasteiger partial charge in [0.2, 0.25) is 0 Å². The van der Waals surface area contributed by atoms with E-state index in [2.05, 4.69) is 9.97 Å². The summed E-state index contributed by atoms with van der Waals surface area (Å²) >= 11 is 0. The zero-order chi connectivity index (χ0) is 13.6. The van der Waals surface area contributed by atoms with Gasteiger partial charge in [-0.05, 0) is 6.07 Å². The molecule has 1 fully saturated rings. The average molecular weight is 267 g/mol. The van der Waals surface area contributed by atoms with Crippen molar-refractivity contribution in [2.45, 2.75) is 24.5 Å². The first-order chi connectivity index (χ1) is 9.11. The van der Waals surface area contributed by atoms with Crippen LogP contribution in [0.1, 0.15) is 6.23 Å². The molecule has 0 aromatic carbocycles. The lowest BCUT2D eigenvalue weighted by atomic mass is 10.1. The monoisotopic (exact) mass is 267 g/mol. The van der Waals surface area contributed by atoms with Crippen LogP contribution in [0.4, 0.5) is 0 Å². The van der Waals surface area contributed by atoms with Gasteiger partial charge >= 0.3 is 5.69 Å². The Hall–Kier alpha value is -1.74. The SMILES string of the molecule is O=c1nc2[nH]ccc2cn1C1OC(CO)C(O)C1O. The second kappa shape index (κ2) is 4.42. The Kier molecular flexibility index (Phi) is 2.86. The Morgan fingerprint density at radius 1 is 1.42 bits per heavy atom. The molecule has 8 nitrogen and oxygen atoms in total. The molecule has 102 valence electrons.